The van der Waals surface area contributed by atoms with Gasteiger partial charge in [-0.3, -0.25) is 0 Å². The highest BCUT2D eigenvalue weighted by Gasteiger charge is 2.27. The molecule has 0 radical (unpaired) electrons. The molecule has 19 heavy (non-hydrogen) atoms. The topological polar surface area (TPSA) is 55.0 Å². The molecule has 1 aliphatic rings. The maximum atomic E-state index is 6.16. The van der Waals surface area contributed by atoms with Crippen LogP contribution < -0.4 is 10.6 Å². The minimum Gasteiger partial charge on any atom is -0.351 e. The summed E-state index contributed by atoms with van der Waals surface area (Å²) in [6, 6.07) is 2.76. The Labute approximate surface area is 117 Å². The van der Waals surface area contributed by atoms with E-state index in [4.69, 9.17) is 5.73 Å². The molecule has 0 aromatic carbocycles. The number of hydrogen-bond acceptors (Lipinski definition) is 5. The molecule has 0 spiro atoms. The van der Waals surface area contributed by atoms with Gasteiger partial charge in [0.15, 0.2) is 0 Å². The highest BCUT2D eigenvalue weighted by Crippen LogP contribution is 2.33. The molecule has 5 heteroatoms. The number of rotatable bonds is 2. The molecule has 102 valence electrons. The second kappa shape index (κ2) is 5.06. The summed E-state index contributed by atoms with van der Waals surface area (Å²) in [6.45, 7) is 5.27. The van der Waals surface area contributed by atoms with Crippen molar-refractivity contribution in [3.8, 4) is 0 Å². The third-order valence-corrected chi connectivity index (χ3v) is 4.82. The van der Waals surface area contributed by atoms with Crippen molar-refractivity contribution in [1.29, 1.82) is 0 Å². The Balaban J connectivity index is 2.06. The van der Waals surface area contributed by atoms with Gasteiger partial charge in [-0.05, 0) is 39.2 Å². The van der Waals surface area contributed by atoms with Crippen LogP contribution in [0.15, 0.2) is 12.4 Å². The molecule has 0 bridgehead atoms. The monoisotopic (exact) mass is 276 g/mol. The minimum absolute atomic E-state index is 0.171. The molecule has 2 aromatic heterocycles. The van der Waals surface area contributed by atoms with Crippen LogP contribution in [0.4, 0.5) is 5.82 Å². The average Bonchev–Trinajstić information content (AvgIpc) is 2.78. The van der Waals surface area contributed by atoms with Gasteiger partial charge in [-0.25, -0.2) is 9.97 Å². The van der Waals surface area contributed by atoms with Crippen LogP contribution in [-0.2, 0) is 0 Å². The minimum atomic E-state index is 0.171. The van der Waals surface area contributed by atoms with Gasteiger partial charge in [0.1, 0.15) is 17.0 Å². The quantitative estimate of drug-likeness (QED) is 0.916. The Morgan fingerprint density at radius 3 is 3.05 bits per heavy atom. The highest BCUT2D eigenvalue weighted by atomic mass is 32.1. The molecule has 2 aromatic rings. The SMILES string of the molecule is Cc1cc2c(N3CCCCC3C(C)N)ncnc2s1. The molecular weight excluding hydrogens is 256 g/mol. The Hall–Kier alpha value is -1.20. The second-order valence-electron chi connectivity index (χ2n) is 5.39. The molecule has 2 unspecified atom stereocenters. The first-order valence-corrected chi connectivity index (χ1v) is 7.72. The molecule has 3 heterocycles. The van der Waals surface area contributed by atoms with E-state index in [1.807, 2.05) is 0 Å². The highest BCUT2D eigenvalue weighted by molar-refractivity contribution is 7.18. The van der Waals surface area contributed by atoms with E-state index in [2.05, 4.69) is 34.8 Å². The summed E-state index contributed by atoms with van der Waals surface area (Å²) in [6.07, 6.45) is 5.32. The van der Waals surface area contributed by atoms with E-state index >= 15 is 0 Å². The van der Waals surface area contributed by atoms with Crippen LogP contribution in [0.25, 0.3) is 10.2 Å². The molecule has 0 aliphatic carbocycles. The average molecular weight is 276 g/mol. The molecule has 2 atom stereocenters. The van der Waals surface area contributed by atoms with Crippen molar-refractivity contribution in [3.05, 3.63) is 17.3 Å². The second-order valence-corrected chi connectivity index (χ2v) is 6.62. The molecule has 1 fully saturated rings. The third kappa shape index (κ3) is 2.32. The smallest absolute Gasteiger partial charge is 0.141 e. The van der Waals surface area contributed by atoms with Crippen molar-refractivity contribution in [3.63, 3.8) is 0 Å². The van der Waals surface area contributed by atoms with Gasteiger partial charge in [-0.2, -0.15) is 0 Å². The summed E-state index contributed by atoms with van der Waals surface area (Å²) in [7, 11) is 0. The number of hydrogen-bond donors (Lipinski definition) is 1. The van der Waals surface area contributed by atoms with Gasteiger partial charge in [0.25, 0.3) is 0 Å². The van der Waals surface area contributed by atoms with E-state index in [9.17, 15) is 0 Å². The summed E-state index contributed by atoms with van der Waals surface area (Å²) in [5.74, 6) is 1.07. The van der Waals surface area contributed by atoms with Gasteiger partial charge in [-0.15, -0.1) is 11.3 Å². The van der Waals surface area contributed by atoms with Crippen LogP contribution in [-0.4, -0.2) is 28.6 Å². The lowest BCUT2D eigenvalue weighted by Gasteiger charge is -2.39. The standard InChI is InChI=1S/C14H20N4S/c1-9-7-11-13(16-8-17-14(11)19-9)18-6-4-3-5-12(18)10(2)15/h7-8,10,12H,3-6,15H2,1-2H3. The van der Waals surface area contributed by atoms with Crippen LogP contribution in [0.5, 0.6) is 0 Å². The number of aromatic nitrogens is 2. The number of fused-ring (bicyclic) bond motifs is 1. The summed E-state index contributed by atoms with van der Waals surface area (Å²) >= 11 is 1.73. The van der Waals surface area contributed by atoms with Crippen LogP contribution in [0, 0.1) is 6.92 Å². The number of piperidine rings is 1. The molecule has 4 nitrogen and oxygen atoms in total. The lowest BCUT2D eigenvalue weighted by atomic mass is 9.97. The predicted octanol–water partition coefficient (Wildman–Crippen LogP) is 2.71. The number of thiophene rings is 1. The Morgan fingerprint density at radius 1 is 1.42 bits per heavy atom. The molecule has 0 saturated carbocycles. The predicted molar refractivity (Wildman–Crippen MR) is 80.8 cm³/mol. The number of nitrogens with two attached hydrogens (primary N) is 1. The summed E-state index contributed by atoms with van der Waals surface area (Å²) in [5, 5.41) is 1.18. The van der Waals surface area contributed by atoms with Gasteiger partial charge in [-0.1, -0.05) is 0 Å². The van der Waals surface area contributed by atoms with Gasteiger partial charge in [0.2, 0.25) is 0 Å². The first-order valence-electron chi connectivity index (χ1n) is 6.90. The first-order chi connectivity index (χ1) is 9.16. The van der Waals surface area contributed by atoms with E-state index in [1.54, 1.807) is 17.7 Å². The van der Waals surface area contributed by atoms with Crippen molar-refractivity contribution in [2.45, 2.75) is 45.2 Å². The van der Waals surface area contributed by atoms with Crippen molar-refractivity contribution < 1.29 is 0 Å². The molecule has 2 N–H and O–H groups in total. The van der Waals surface area contributed by atoms with Crippen LogP contribution in [0.1, 0.15) is 31.1 Å². The number of anilines is 1. The van der Waals surface area contributed by atoms with E-state index in [-0.39, 0.29) is 6.04 Å². The lowest BCUT2D eigenvalue weighted by molar-refractivity contribution is 0.412. The summed E-state index contributed by atoms with van der Waals surface area (Å²) in [4.78, 5) is 13.7. The van der Waals surface area contributed by atoms with Crippen molar-refractivity contribution in [1.82, 2.24) is 9.97 Å². The molecular formula is C14H20N4S. The lowest BCUT2D eigenvalue weighted by Crippen LogP contribution is -2.49. The molecule has 3 rings (SSSR count). The summed E-state index contributed by atoms with van der Waals surface area (Å²) < 4.78 is 0. The first kappa shape index (κ1) is 12.8. The summed E-state index contributed by atoms with van der Waals surface area (Å²) in [5.41, 5.74) is 6.16. The maximum Gasteiger partial charge on any atom is 0.141 e. The molecule has 0 amide bonds. The van der Waals surface area contributed by atoms with E-state index in [1.165, 1.54) is 23.1 Å². The zero-order valence-electron chi connectivity index (χ0n) is 11.5. The zero-order chi connectivity index (χ0) is 13.4. The fraction of sp³-hybridized carbons (Fsp3) is 0.571. The van der Waals surface area contributed by atoms with E-state index in [0.717, 1.165) is 23.6 Å². The van der Waals surface area contributed by atoms with Gasteiger partial charge in [0, 0.05) is 23.5 Å². The third-order valence-electron chi connectivity index (χ3n) is 3.86. The largest absolute Gasteiger partial charge is 0.351 e. The van der Waals surface area contributed by atoms with Crippen LogP contribution >= 0.6 is 11.3 Å². The van der Waals surface area contributed by atoms with Crippen molar-refractivity contribution in [2.24, 2.45) is 5.73 Å². The van der Waals surface area contributed by atoms with Gasteiger partial charge in [0.05, 0.1) is 5.39 Å². The van der Waals surface area contributed by atoms with Gasteiger partial charge >= 0.3 is 0 Å². The fourth-order valence-electron chi connectivity index (χ4n) is 2.96. The van der Waals surface area contributed by atoms with E-state index < -0.39 is 0 Å². The van der Waals surface area contributed by atoms with Crippen molar-refractivity contribution >= 4 is 27.4 Å². The molecule has 1 saturated heterocycles. The Bertz CT molecular complexity index is 578. The molecule has 1 aliphatic heterocycles. The van der Waals surface area contributed by atoms with Crippen LogP contribution in [0.3, 0.4) is 0 Å². The number of nitrogens with zero attached hydrogens (tertiary/aromatic N) is 3. The van der Waals surface area contributed by atoms with E-state index in [0.29, 0.717) is 6.04 Å². The Kier molecular flexibility index (Phi) is 3.41. The fourth-order valence-corrected chi connectivity index (χ4v) is 3.80. The number of aryl methyl sites for hydroxylation is 1. The zero-order valence-corrected chi connectivity index (χ0v) is 12.3. The van der Waals surface area contributed by atoms with Crippen LogP contribution in [0.2, 0.25) is 0 Å². The normalized spacial score (nSPS) is 21.8. The van der Waals surface area contributed by atoms with Crippen molar-refractivity contribution in [2.75, 3.05) is 11.4 Å². The van der Waals surface area contributed by atoms with Gasteiger partial charge < -0.3 is 10.6 Å². The maximum absolute atomic E-state index is 6.16. The Morgan fingerprint density at radius 2 is 2.26 bits per heavy atom.